The lowest BCUT2D eigenvalue weighted by molar-refractivity contribution is 0.352. The van der Waals surface area contributed by atoms with Crippen LogP contribution in [0.2, 0.25) is 0 Å². The zero-order valence-electron chi connectivity index (χ0n) is 13.3. The Morgan fingerprint density at radius 2 is 1.78 bits per heavy atom. The van der Waals surface area contributed by atoms with Crippen LogP contribution in [0.25, 0.3) is 0 Å². The van der Waals surface area contributed by atoms with Crippen molar-refractivity contribution in [3.05, 3.63) is 56.2 Å². The molecule has 2 rings (SSSR count). The lowest BCUT2D eigenvalue weighted by Gasteiger charge is -2.15. The molecule has 124 valence electrons. The lowest BCUT2D eigenvalue weighted by atomic mass is 9.96. The van der Waals surface area contributed by atoms with Crippen LogP contribution in [0.1, 0.15) is 22.3 Å². The maximum atomic E-state index is 11.3. The molecule has 0 saturated carbocycles. The summed E-state index contributed by atoms with van der Waals surface area (Å²) in [7, 11) is -3.19. The Kier molecular flexibility index (Phi) is 5.76. The van der Waals surface area contributed by atoms with Crippen LogP contribution in [-0.2, 0) is 11.0 Å². The fourth-order valence-corrected chi connectivity index (χ4v) is 3.34. The van der Waals surface area contributed by atoms with Crippen LogP contribution in [0.3, 0.4) is 0 Å². The van der Waals surface area contributed by atoms with E-state index in [0.29, 0.717) is 11.5 Å². The Hall–Kier alpha value is -1.04. The van der Waals surface area contributed by atoms with E-state index < -0.39 is 7.37 Å². The number of aromatic hydroxyl groups is 1. The van der Waals surface area contributed by atoms with Crippen LogP contribution in [-0.4, -0.2) is 23.0 Å². The van der Waals surface area contributed by atoms with Gasteiger partial charge in [-0.3, -0.25) is 4.57 Å². The average Bonchev–Trinajstić information content (AvgIpc) is 2.43. The van der Waals surface area contributed by atoms with Crippen molar-refractivity contribution in [1.29, 1.82) is 0 Å². The molecule has 1 unspecified atom stereocenters. The van der Waals surface area contributed by atoms with Crippen LogP contribution in [0.15, 0.2) is 30.3 Å². The molecule has 1 atom stereocenters. The van der Waals surface area contributed by atoms with E-state index in [1.807, 2.05) is 38.1 Å². The summed E-state index contributed by atoms with van der Waals surface area (Å²) in [5.74, 6) is 0.903. The monoisotopic (exact) mass is 446 g/mol. The molecule has 0 saturated heterocycles. The van der Waals surface area contributed by atoms with Crippen molar-refractivity contribution in [2.75, 3.05) is 13.0 Å². The topological polar surface area (TPSA) is 66.8 Å². The number of ether oxygens (including phenoxy) is 1. The van der Waals surface area contributed by atoms with Crippen LogP contribution in [0.4, 0.5) is 0 Å². The Morgan fingerprint density at radius 3 is 2.30 bits per heavy atom. The minimum absolute atomic E-state index is 0.179. The van der Waals surface area contributed by atoms with Gasteiger partial charge in [0.15, 0.2) is 6.35 Å². The Balaban J connectivity index is 2.23. The van der Waals surface area contributed by atoms with Crippen LogP contribution >= 0.6 is 30.0 Å². The zero-order chi connectivity index (χ0) is 17.2. The maximum absolute atomic E-state index is 11.3. The molecule has 2 aromatic carbocycles. The maximum Gasteiger partial charge on any atom is 0.233 e. The third-order valence-corrected chi connectivity index (χ3v) is 5.01. The first-order valence-corrected chi connectivity index (χ1v) is 10.5. The van der Waals surface area contributed by atoms with Gasteiger partial charge in [-0.15, -0.1) is 0 Å². The number of benzene rings is 2. The predicted molar refractivity (Wildman–Crippen MR) is 101 cm³/mol. The molecule has 2 N–H and O–H groups in total. The first kappa shape index (κ1) is 18.3. The highest BCUT2D eigenvalue weighted by atomic mass is 127. The van der Waals surface area contributed by atoms with Gasteiger partial charge >= 0.3 is 0 Å². The Morgan fingerprint density at radius 1 is 1.17 bits per heavy atom. The normalized spacial score (nSPS) is 13.6. The van der Waals surface area contributed by atoms with E-state index in [4.69, 9.17) is 4.74 Å². The van der Waals surface area contributed by atoms with Crippen molar-refractivity contribution in [2.24, 2.45) is 0 Å². The van der Waals surface area contributed by atoms with Gasteiger partial charge in [-0.2, -0.15) is 0 Å². The molecule has 0 radical (unpaired) electrons. The van der Waals surface area contributed by atoms with E-state index in [2.05, 4.69) is 22.6 Å². The zero-order valence-corrected chi connectivity index (χ0v) is 16.4. The van der Waals surface area contributed by atoms with Gasteiger partial charge in [-0.25, -0.2) is 0 Å². The molecule has 23 heavy (non-hydrogen) atoms. The summed E-state index contributed by atoms with van der Waals surface area (Å²) in [6.45, 7) is 5.30. The van der Waals surface area contributed by atoms with Gasteiger partial charge in [0.1, 0.15) is 11.5 Å². The van der Waals surface area contributed by atoms with E-state index in [0.717, 1.165) is 26.7 Å². The standard InChI is InChI=1S/C17H20IO4P/c1-11-6-14(22-10-23(3,20)21)7-12(2)15(11)8-13-4-5-17(19)16(18)9-13/h4-7,9,19H,8,10H2,1-3H3,(H,20,21). The number of hydrogen-bond donors (Lipinski definition) is 2. The summed E-state index contributed by atoms with van der Waals surface area (Å²) < 4.78 is 17.6. The minimum Gasteiger partial charge on any atom is -0.507 e. The Labute approximate surface area is 150 Å². The highest BCUT2D eigenvalue weighted by molar-refractivity contribution is 14.1. The first-order chi connectivity index (χ1) is 10.7. The van der Waals surface area contributed by atoms with Crippen LogP contribution < -0.4 is 4.74 Å². The van der Waals surface area contributed by atoms with Gasteiger partial charge in [0.25, 0.3) is 0 Å². The molecule has 4 nitrogen and oxygen atoms in total. The van der Waals surface area contributed by atoms with Crippen LogP contribution in [0.5, 0.6) is 11.5 Å². The molecule has 0 heterocycles. The molecular weight excluding hydrogens is 426 g/mol. The number of halogens is 1. The predicted octanol–water partition coefficient (Wildman–Crippen LogP) is 4.44. The van der Waals surface area contributed by atoms with E-state index in [1.165, 1.54) is 12.2 Å². The van der Waals surface area contributed by atoms with Crippen molar-refractivity contribution in [3.63, 3.8) is 0 Å². The number of rotatable bonds is 5. The third kappa shape index (κ3) is 5.23. The van der Waals surface area contributed by atoms with Crippen molar-refractivity contribution in [3.8, 4) is 11.5 Å². The number of phenols is 1. The van der Waals surface area contributed by atoms with Crippen molar-refractivity contribution < 1.29 is 19.3 Å². The molecule has 0 bridgehead atoms. The van der Waals surface area contributed by atoms with Gasteiger partial charge in [-0.1, -0.05) is 6.07 Å². The molecule has 0 amide bonds. The van der Waals surface area contributed by atoms with Crippen molar-refractivity contribution in [2.45, 2.75) is 20.3 Å². The third-order valence-electron chi connectivity index (χ3n) is 3.53. The molecule has 0 fully saturated rings. The quantitative estimate of drug-likeness (QED) is 0.527. The Bertz CT molecular complexity index is 744. The molecule has 2 aromatic rings. The van der Waals surface area contributed by atoms with Crippen molar-refractivity contribution >= 4 is 30.0 Å². The van der Waals surface area contributed by atoms with E-state index in [1.54, 1.807) is 6.07 Å². The highest BCUT2D eigenvalue weighted by Gasteiger charge is 2.13. The molecule has 0 aliphatic rings. The average molecular weight is 446 g/mol. The highest BCUT2D eigenvalue weighted by Crippen LogP contribution is 2.36. The summed E-state index contributed by atoms with van der Waals surface area (Å²) in [5.41, 5.74) is 4.47. The second-order valence-electron chi connectivity index (χ2n) is 5.82. The number of hydrogen-bond acceptors (Lipinski definition) is 3. The largest absolute Gasteiger partial charge is 0.507 e. The molecule has 0 aromatic heterocycles. The van der Waals surface area contributed by atoms with Gasteiger partial charge in [0.2, 0.25) is 7.37 Å². The summed E-state index contributed by atoms with van der Waals surface area (Å²) in [6.07, 6.45) is 0.585. The second kappa shape index (κ2) is 7.24. The van der Waals surface area contributed by atoms with Crippen molar-refractivity contribution in [1.82, 2.24) is 0 Å². The van der Waals surface area contributed by atoms with Gasteiger partial charge in [0.05, 0.1) is 3.57 Å². The molecular formula is C17H20IO4P. The SMILES string of the molecule is Cc1cc(OCP(C)(=O)O)cc(C)c1Cc1ccc(O)c(I)c1. The molecule has 6 heteroatoms. The summed E-state index contributed by atoms with van der Waals surface area (Å²) in [4.78, 5) is 9.32. The molecule has 0 spiro atoms. The molecule has 0 aliphatic heterocycles. The summed E-state index contributed by atoms with van der Waals surface area (Å²) in [5, 5.41) is 9.61. The summed E-state index contributed by atoms with van der Waals surface area (Å²) >= 11 is 2.11. The molecule has 0 aliphatic carbocycles. The van der Waals surface area contributed by atoms with Gasteiger partial charge in [-0.05, 0) is 89.4 Å². The summed E-state index contributed by atoms with van der Waals surface area (Å²) in [6, 6.07) is 9.38. The lowest BCUT2D eigenvalue weighted by Crippen LogP contribution is -2.01. The van der Waals surface area contributed by atoms with Crippen LogP contribution in [0, 0.1) is 17.4 Å². The fourth-order valence-electron chi connectivity index (χ4n) is 2.37. The first-order valence-electron chi connectivity index (χ1n) is 7.15. The van der Waals surface area contributed by atoms with Gasteiger partial charge in [0, 0.05) is 6.66 Å². The van der Waals surface area contributed by atoms with Gasteiger partial charge < -0.3 is 14.7 Å². The van der Waals surface area contributed by atoms with E-state index >= 15 is 0 Å². The van der Waals surface area contributed by atoms with E-state index in [-0.39, 0.29) is 6.35 Å². The number of aryl methyl sites for hydroxylation is 2. The number of phenolic OH excluding ortho intramolecular Hbond substituents is 1. The smallest absolute Gasteiger partial charge is 0.233 e. The van der Waals surface area contributed by atoms with E-state index in [9.17, 15) is 14.6 Å². The fraction of sp³-hybridized carbons (Fsp3) is 0.294. The second-order valence-corrected chi connectivity index (χ2v) is 9.34. The minimum atomic E-state index is -3.19.